The summed E-state index contributed by atoms with van der Waals surface area (Å²) in [4.78, 5) is 13.7. The molecule has 116 valence electrons. The van der Waals surface area contributed by atoms with E-state index in [1.807, 2.05) is 6.92 Å². The summed E-state index contributed by atoms with van der Waals surface area (Å²) in [6.45, 7) is 4.37. The fourth-order valence-electron chi connectivity index (χ4n) is 2.43. The van der Waals surface area contributed by atoms with Gasteiger partial charge >= 0.3 is 0 Å². The van der Waals surface area contributed by atoms with Crippen LogP contribution in [0, 0.1) is 13.8 Å². The van der Waals surface area contributed by atoms with Crippen LogP contribution in [0.4, 0.5) is 5.69 Å². The first-order valence-corrected chi connectivity index (χ1v) is 8.28. The molecule has 0 unspecified atom stereocenters. The van der Waals surface area contributed by atoms with E-state index in [-0.39, 0.29) is 17.3 Å². The Morgan fingerprint density at radius 3 is 2.52 bits per heavy atom. The summed E-state index contributed by atoms with van der Waals surface area (Å²) in [5, 5.41) is 0. The molecule has 0 atom stereocenters. The van der Waals surface area contributed by atoms with Gasteiger partial charge in [0.2, 0.25) is 15.9 Å². The molecular weight excluding hydrogens is 290 g/mol. The van der Waals surface area contributed by atoms with Crippen LogP contribution in [0.2, 0.25) is 0 Å². The zero-order valence-corrected chi connectivity index (χ0v) is 13.4. The molecule has 1 aromatic carbocycles. The largest absolute Gasteiger partial charge is 0.399 e. The Bertz CT molecular complexity index is 670. The van der Waals surface area contributed by atoms with Crippen LogP contribution in [-0.2, 0) is 14.8 Å². The molecule has 1 aliphatic heterocycles. The molecule has 1 aromatic rings. The lowest BCUT2D eigenvalue weighted by atomic mass is 10.1. The Hall–Kier alpha value is -1.60. The van der Waals surface area contributed by atoms with Gasteiger partial charge in [0, 0.05) is 25.8 Å². The van der Waals surface area contributed by atoms with Crippen molar-refractivity contribution in [2.45, 2.75) is 25.2 Å². The minimum atomic E-state index is -3.71. The lowest BCUT2D eigenvalue weighted by Crippen LogP contribution is -2.38. The van der Waals surface area contributed by atoms with Gasteiger partial charge in [-0.2, -0.15) is 4.31 Å². The maximum atomic E-state index is 12.8. The number of carbonyl (C=O) groups excluding carboxylic acids is 1. The van der Waals surface area contributed by atoms with Crippen molar-refractivity contribution >= 4 is 21.6 Å². The zero-order valence-electron chi connectivity index (χ0n) is 12.6. The SMILES string of the molecule is Cc1cc(N)cc(S(=O)(=O)N2CCCN(C)C(=O)C2)c1C. The Morgan fingerprint density at radius 2 is 1.86 bits per heavy atom. The first-order chi connectivity index (χ1) is 9.73. The molecule has 0 saturated carbocycles. The van der Waals surface area contributed by atoms with Gasteiger partial charge in [-0.05, 0) is 43.5 Å². The second-order valence-electron chi connectivity index (χ2n) is 5.47. The van der Waals surface area contributed by atoms with Crippen molar-refractivity contribution in [3.8, 4) is 0 Å². The van der Waals surface area contributed by atoms with E-state index in [2.05, 4.69) is 0 Å². The predicted molar refractivity (Wildman–Crippen MR) is 81.3 cm³/mol. The van der Waals surface area contributed by atoms with Gasteiger partial charge in [-0.25, -0.2) is 8.42 Å². The minimum absolute atomic E-state index is 0.119. The standard InChI is InChI=1S/C14H21N3O3S/c1-10-7-12(15)8-13(11(10)2)21(19,20)17-6-4-5-16(3)14(18)9-17/h7-8H,4-6,9,15H2,1-3H3. The minimum Gasteiger partial charge on any atom is -0.399 e. The van der Waals surface area contributed by atoms with Gasteiger partial charge in [0.1, 0.15) is 0 Å². The van der Waals surface area contributed by atoms with E-state index in [0.717, 1.165) is 5.56 Å². The second-order valence-corrected chi connectivity index (χ2v) is 7.37. The molecule has 2 N–H and O–H groups in total. The number of carbonyl (C=O) groups is 1. The van der Waals surface area contributed by atoms with Crippen LogP contribution in [0.5, 0.6) is 0 Å². The van der Waals surface area contributed by atoms with Crippen molar-refractivity contribution in [2.75, 3.05) is 32.4 Å². The third kappa shape index (κ3) is 3.03. The number of sulfonamides is 1. The summed E-state index contributed by atoms with van der Waals surface area (Å²) < 4.78 is 26.9. The molecule has 1 saturated heterocycles. The van der Waals surface area contributed by atoms with Crippen LogP contribution in [0.3, 0.4) is 0 Å². The van der Waals surface area contributed by atoms with E-state index in [1.165, 1.54) is 10.4 Å². The maximum absolute atomic E-state index is 12.8. The van der Waals surface area contributed by atoms with Crippen molar-refractivity contribution < 1.29 is 13.2 Å². The Morgan fingerprint density at radius 1 is 1.19 bits per heavy atom. The fourth-order valence-corrected chi connectivity index (χ4v) is 4.19. The summed E-state index contributed by atoms with van der Waals surface area (Å²) in [5.74, 6) is -0.186. The average molecular weight is 311 g/mol. The topological polar surface area (TPSA) is 83.7 Å². The van der Waals surface area contributed by atoms with Gasteiger partial charge in [-0.15, -0.1) is 0 Å². The summed E-state index contributed by atoms with van der Waals surface area (Å²) in [6.07, 6.45) is 0.627. The number of aryl methyl sites for hydroxylation is 1. The number of benzene rings is 1. The number of nitrogens with two attached hydrogens (primary N) is 1. The monoisotopic (exact) mass is 311 g/mol. The highest BCUT2D eigenvalue weighted by Crippen LogP contribution is 2.26. The summed E-state index contributed by atoms with van der Waals surface area (Å²) >= 11 is 0. The molecule has 0 radical (unpaired) electrons. The maximum Gasteiger partial charge on any atom is 0.243 e. The average Bonchev–Trinajstić information content (AvgIpc) is 2.56. The third-order valence-corrected chi connectivity index (χ3v) is 5.87. The molecule has 1 amide bonds. The van der Waals surface area contributed by atoms with Gasteiger partial charge in [0.05, 0.1) is 11.4 Å². The number of likely N-dealkylation sites (N-methyl/N-ethyl adjacent to an activating group) is 1. The molecular formula is C14H21N3O3S. The molecule has 0 aromatic heterocycles. The van der Waals surface area contributed by atoms with Crippen molar-refractivity contribution in [2.24, 2.45) is 0 Å². The Kier molecular flexibility index (Phi) is 4.25. The van der Waals surface area contributed by atoms with Crippen molar-refractivity contribution in [1.82, 2.24) is 9.21 Å². The lowest BCUT2D eigenvalue weighted by Gasteiger charge is -2.21. The molecule has 0 spiro atoms. The van der Waals surface area contributed by atoms with Crippen LogP contribution < -0.4 is 5.73 Å². The predicted octanol–water partition coefficient (Wildman–Crippen LogP) is 0.738. The summed E-state index contributed by atoms with van der Waals surface area (Å²) in [6, 6.07) is 3.21. The number of nitrogens with zero attached hydrogens (tertiary/aromatic N) is 2. The van der Waals surface area contributed by atoms with E-state index < -0.39 is 10.0 Å². The Balaban J connectivity index is 2.45. The van der Waals surface area contributed by atoms with Crippen molar-refractivity contribution in [3.63, 3.8) is 0 Å². The first kappa shape index (κ1) is 15.8. The number of hydrogen-bond acceptors (Lipinski definition) is 4. The van der Waals surface area contributed by atoms with Gasteiger partial charge < -0.3 is 10.6 Å². The molecule has 7 heteroatoms. The van der Waals surface area contributed by atoms with Crippen LogP contribution in [0.1, 0.15) is 17.5 Å². The lowest BCUT2D eigenvalue weighted by molar-refractivity contribution is -0.129. The number of rotatable bonds is 2. The highest BCUT2D eigenvalue weighted by atomic mass is 32.2. The number of anilines is 1. The van der Waals surface area contributed by atoms with Crippen LogP contribution in [-0.4, -0.2) is 50.2 Å². The smallest absolute Gasteiger partial charge is 0.243 e. The third-order valence-electron chi connectivity index (χ3n) is 3.90. The molecule has 1 heterocycles. The number of amides is 1. The molecule has 6 nitrogen and oxygen atoms in total. The van der Waals surface area contributed by atoms with Gasteiger partial charge in [-0.1, -0.05) is 0 Å². The van der Waals surface area contributed by atoms with Gasteiger partial charge in [0.25, 0.3) is 0 Å². The van der Waals surface area contributed by atoms with E-state index in [1.54, 1.807) is 24.9 Å². The normalized spacial score (nSPS) is 17.9. The number of hydrogen-bond donors (Lipinski definition) is 1. The summed E-state index contributed by atoms with van der Waals surface area (Å²) in [5.41, 5.74) is 7.69. The molecule has 0 aliphatic carbocycles. The highest BCUT2D eigenvalue weighted by Gasteiger charge is 2.31. The molecule has 0 bridgehead atoms. The van der Waals surface area contributed by atoms with E-state index in [0.29, 0.717) is 30.8 Å². The van der Waals surface area contributed by atoms with Gasteiger partial charge in [0.15, 0.2) is 0 Å². The van der Waals surface area contributed by atoms with Gasteiger partial charge in [-0.3, -0.25) is 4.79 Å². The summed E-state index contributed by atoms with van der Waals surface area (Å²) in [7, 11) is -2.02. The van der Waals surface area contributed by atoms with Crippen molar-refractivity contribution in [1.29, 1.82) is 0 Å². The van der Waals surface area contributed by atoms with E-state index >= 15 is 0 Å². The molecule has 1 aliphatic rings. The highest BCUT2D eigenvalue weighted by molar-refractivity contribution is 7.89. The first-order valence-electron chi connectivity index (χ1n) is 6.84. The second kappa shape index (κ2) is 5.65. The van der Waals surface area contributed by atoms with Crippen LogP contribution in [0.25, 0.3) is 0 Å². The Labute approximate surface area is 125 Å². The van der Waals surface area contributed by atoms with Crippen LogP contribution in [0.15, 0.2) is 17.0 Å². The molecule has 1 fully saturated rings. The molecule has 21 heavy (non-hydrogen) atoms. The zero-order chi connectivity index (χ0) is 15.8. The van der Waals surface area contributed by atoms with Crippen LogP contribution >= 0.6 is 0 Å². The quantitative estimate of drug-likeness (QED) is 0.817. The fraction of sp³-hybridized carbons (Fsp3) is 0.500. The molecule has 2 rings (SSSR count). The van der Waals surface area contributed by atoms with Crippen molar-refractivity contribution in [3.05, 3.63) is 23.3 Å². The van der Waals surface area contributed by atoms with E-state index in [4.69, 9.17) is 5.73 Å². The van der Waals surface area contributed by atoms with E-state index in [9.17, 15) is 13.2 Å². The number of nitrogen functional groups attached to an aromatic ring is 1.